The standard InChI is InChI=1S/C84H89N3O17/c1-58(88)92-57-70-73(93-48-60-29-13-4-14-30-60)72(89)76(95-50-62-33-17-6-18-34-62)84(102-70)103-74-69(56-91-47-59-27-11-3-12-28-59)101-83(71(86-87-85)75(74)94-49-61-31-15-5-16-32-61)104-82-80(99-54-66-41-25-10-26-42-66)78(97-52-64-37-21-8-22-38-64)77(96-51-63-35-19-7-20-36-63)79(98-53-65-39-23-9-24-40-65)81(82)100-55-67-43-45-68(90-2)46-44-67/h3-46,69-84,89H,47-57H2,1-2H3/t69-,70-,71-,72+,73-,74-,75-,76+,77-,78-,79-,80+,81-,82-,83-,84-/m1/s1. The van der Waals surface area contributed by atoms with Crippen molar-refractivity contribution in [1.29, 1.82) is 0 Å². The van der Waals surface area contributed by atoms with E-state index in [2.05, 4.69) is 10.0 Å². The van der Waals surface area contributed by atoms with E-state index in [1.807, 2.05) is 267 Å². The van der Waals surface area contributed by atoms with Gasteiger partial charge in [0.25, 0.3) is 0 Å². The van der Waals surface area contributed by atoms with Gasteiger partial charge in [-0.25, -0.2) is 0 Å². The van der Waals surface area contributed by atoms with Gasteiger partial charge < -0.3 is 76.2 Å². The molecule has 16 atom stereocenters. The Kier molecular flexibility index (Phi) is 28.2. The van der Waals surface area contributed by atoms with Gasteiger partial charge in [-0.15, -0.1) is 0 Å². The lowest BCUT2D eigenvalue weighted by Gasteiger charge is -2.52. The maximum absolute atomic E-state index is 12.9. The van der Waals surface area contributed by atoms with Crippen molar-refractivity contribution in [3.05, 3.63) is 327 Å². The molecule has 0 radical (unpaired) electrons. The predicted octanol–water partition coefficient (Wildman–Crippen LogP) is 13.7. The zero-order valence-corrected chi connectivity index (χ0v) is 58.2. The van der Waals surface area contributed by atoms with E-state index in [1.165, 1.54) is 6.92 Å². The first-order valence-electron chi connectivity index (χ1n) is 35.2. The number of carbonyl (C=O) groups excluding carboxylic acids is 1. The summed E-state index contributed by atoms with van der Waals surface area (Å²) in [6, 6.07) is 83.6. The van der Waals surface area contributed by atoms with Crippen molar-refractivity contribution in [2.45, 2.75) is 164 Å². The summed E-state index contributed by atoms with van der Waals surface area (Å²) in [6.45, 7) is 1.39. The third-order valence-electron chi connectivity index (χ3n) is 18.4. The van der Waals surface area contributed by atoms with Crippen LogP contribution in [0.25, 0.3) is 10.4 Å². The molecular weight excluding hydrogens is 1320 g/mol. The summed E-state index contributed by atoms with van der Waals surface area (Å²) < 4.78 is 105. The minimum Gasteiger partial charge on any atom is -0.497 e. The topological polar surface area (TPSA) is 225 Å². The smallest absolute Gasteiger partial charge is 0.302 e. The largest absolute Gasteiger partial charge is 0.497 e. The fourth-order valence-corrected chi connectivity index (χ4v) is 13.1. The van der Waals surface area contributed by atoms with E-state index in [0.29, 0.717) is 5.75 Å². The summed E-state index contributed by atoms with van der Waals surface area (Å²) in [4.78, 5) is 16.3. The van der Waals surface area contributed by atoms with Crippen molar-refractivity contribution in [3.63, 3.8) is 0 Å². The van der Waals surface area contributed by atoms with Gasteiger partial charge in [0.15, 0.2) is 12.6 Å². The Balaban J connectivity index is 0.993. The summed E-state index contributed by atoms with van der Waals surface area (Å²) in [7, 11) is 1.61. The monoisotopic (exact) mass is 1410 g/mol. The van der Waals surface area contributed by atoms with Crippen molar-refractivity contribution in [1.82, 2.24) is 0 Å². The van der Waals surface area contributed by atoms with Gasteiger partial charge in [0, 0.05) is 11.8 Å². The van der Waals surface area contributed by atoms with Crippen molar-refractivity contribution in [2.75, 3.05) is 20.3 Å². The summed E-state index contributed by atoms with van der Waals surface area (Å²) in [5, 5.41) is 17.5. The molecule has 0 unspecified atom stereocenters. The van der Waals surface area contributed by atoms with Gasteiger partial charge >= 0.3 is 5.97 Å². The zero-order chi connectivity index (χ0) is 71.5. The van der Waals surface area contributed by atoms with Crippen LogP contribution >= 0.6 is 0 Å². The molecule has 3 fully saturated rings. The molecule has 0 bridgehead atoms. The molecule has 1 aliphatic carbocycles. The maximum Gasteiger partial charge on any atom is 0.302 e. The van der Waals surface area contributed by atoms with E-state index in [-0.39, 0.29) is 72.7 Å². The number of hydrogen-bond donors (Lipinski definition) is 1. The average molecular weight is 1410 g/mol. The molecule has 20 nitrogen and oxygen atoms in total. The van der Waals surface area contributed by atoms with Crippen LogP contribution in [0.1, 0.15) is 57.0 Å². The second kappa shape index (κ2) is 39.2. The Bertz CT molecular complexity index is 3980. The maximum atomic E-state index is 12.9. The van der Waals surface area contributed by atoms with E-state index < -0.39 is 104 Å². The molecule has 2 heterocycles. The molecule has 104 heavy (non-hydrogen) atoms. The van der Waals surface area contributed by atoms with Crippen LogP contribution < -0.4 is 4.74 Å². The highest BCUT2D eigenvalue weighted by molar-refractivity contribution is 5.65. The van der Waals surface area contributed by atoms with Gasteiger partial charge in [-0.2, -0.15) is 0 Å². The SMILES string of the molecule is COc1ccc(CO[C@@H]2[C@H](OCc3ccccc3)[C@H](OCc3ccccc3)[C@@H](OCc3ccccc3)[C@H](OCc3ccccc3)[C@H]2O[C@H]2O[C@H](COCc3ccccc3)[C@@H](O[C@H]3O[C@H](COC(C)=O)[C@@H](OCc4ccccc4)[C@H](O)[C@@H]3OCc3ccccc3)[C@H](OCc3ccccc3)[C@H]2N=[N+]=[N-])cc1. The summed E-state index contributed by atoms with van der Waals surface area (Å²) in [6.07, 6.45) is -18.2. The lowest BCUT2D eigenvalue weighted by molar-refractivity contribution is -0.371. The number of aliphatic hydroxyl groups excluding tert-OH is 1. The Hall–Kier alpha value is -9.00. The molecular formula is C84H89N3O17. The Morgan fingerprint density at radius 1 is 0.365 bits per heavy atom. The van der Waals surface area contributed by atoms with Gasteiger partial charge in [0.1, 0.15) is 97.7 Å². The number of azide groups is 1. The normalized spacial score (nSPS) is 25.3. The number of aliphatic hydroxyl groups is 1. The van der Waals surface area contributed by atoms with E-state index in [1.54, 1.807) is 7.11 Å². The first-order valence-corrected chi connectivity index (χ1v) is 35.2. The third kappa shape index (κ3) is 21.1. The van der Waals surface area contributed by atoms with E-state index in [9.17, 15) is 15.4 Å². The summed E-state index contributed by atoms with van der Waals surface area (Å²) in [5.74, 6) is 0.0718. The van der Waals surface area contributed by atoms with Crippen molar-refractivity contribution in [2.24, 2.45) is 5.11 Å². The van der Waals surface area contributed by atoms with Gasteiger partial charge in [-0.05, 0) is 67.7 Å². The molecule has 2 saturated heterocycles. The third-order valence-corrected chi connectivity index (χ3v) is 18.4. The minimum atomic E-state index is -1.54. The number of methoxy groups -OCH3 is 1. The predicted molar refractivity (Wildman–Crippen MR) is 385 cm³/mol. The summed E-state index contributed by atoms with van der Waals surface area (Å²) >= 11 is 0. The van der Waals surface area contributed by atoms with Crippen molar-refractivity contribution >= 4 is 5.97 Å². The van der Waals surface area contributed by atoms with Crippen LogP contribution in [0.5, 0.6) is 5.75 Å². The second-order valence-electron chi connectivity index (χ2n) is 25.7. The molecule has 20 heteroatoms. The minimum absolute atomic E-state index is 0.00263. The van der Waals surface area contributed by atoms with Crippen molar-refractivity contribution in [3.8, 4) is 5.75 Å². The Labute approximate surface area is 607 Å². The highest BCUT2D eigenvalue weighted by Crippen LogP contribution is 2.41. The second-order valence-corrected chi connectivity index (χ2v) is 25.7. The van der Waals surface area contributed by atoms with Crippen LogP contribution in [0.4, 0.5) is 0 Å². The summed E-state index contributed by atoms with van der Waals surface area (Å²) in [5.41, 5.74) is 18.7. The molecule has 3 aliphatic rings. The Morgan fingerprint density at radius 2 is 0.663 bits per heavy atom. The zero-order valence-electron chi connectivity index (χ0n) is 58.2. The molecule has 1 N–H and O–H groups in total. The molecule has 9 aromatic carbocycles. The van der Waals surface area contributed by atoms with Crippen LogP contribution in [0, 0.1) is 0 Å². The Morgan fingerprint density at radius 3 is 1.02 bits per heavy atom. The lowest BCUT2D eigenvalue weighted by Crippen LogP contribution is -2.70. The van der Waals surface area contributed by atoms with Gasteiger partial charge in [-0.3, -0.25) is 4.79 Å². The van der Waals surface area contributed by atoms with Crippen LogP contribution in [-0.2, 0) is 131 Å². The average Bonchev–Trinajstić information content (AvgIpc) is 0.754. The first-order chi connectivity index (χ1) is 51.2. The lowest BCUT2D eigenvalue weighted by atomic mass is 9.83. The fraction of sp³-hybridized carbons (Fsp3) is 0.345. The number of nitrogens with zero attached hydrogens (tertiary/aromatic N) is 3. The van der Waals surface area contributed by atoms with Crippen LogP contribution in [-0.4, -0.2) is 129 Å². The number of esters is 1. The van der Waals surface area contributed by atoms with E-state index in [4.69, 9.17) is 71.1 Å². The number of ether oxygens (including phenoxy) is 15. The molecule has 1 saturated carbocycles. The molecule has 542 valence electrons. The molecule has 9 aromatic rings. The fourth-order valence-electron chi connectivity index (χ4n) is 13.1. The van der Waals surface area contributed by atoms with Crippen molar-refractivity contribution < 1.29 is 81.0 Å². The number of rotatable bonds is 36. The number of carbonyl (C=O) groups is 1. The van der Waals surface area contributed by atoms with Gasteiger partial charge in [-0.1, -0.05) is 260 Å². The van der Waals surface area contributed by atoms with Crippen LogP contribution in [0.15, 0.2) is 272 Å². The van der Waals surface area contributed by atoms with Gasteiger partial charge in [0.05, 0.1) is 73.2 Å². The molecule has 0 aromatic heterocycles. The quantitative estimate of drug-likeness (QED) is 0.0167. The molecule has 2 aliphatic heterocycles. The highest BCUT2D eigenvalue weighted by atomic mass is 16.8. The van der Waals surface area contributed by atoms with Crippen LogP contribution in [0.3, 0.4) is 0 Å². The molecule has 12 rings (SSSR count). The molecule has 0 amide bonds. The number of benzene rings is 9. The molecule has 0 spiro atoms. The number of hydrogen-bond acceptors (Lipinski definition) is 18. The van der Waals surface area contributed by atoms with E-state index in [0.717, 1.165) is 50.1 Å². The van der Waals surface area contributed by atoms with Crippen LogP contribution in [0.2, 0.25) is 0 Å². The van der Waals surface area contributed by atoms with Gasteiger partial charge in [0.2, 0.25) is 0 Å². The highest BCUT2D eigenvalue weighted by Gasteiger charge is 2.59. The van der Waals surface area contributed by atoms with E-state index >= 15 is 0 Å². The first kappa shape index (κ1) is 74.7.